The van der Waals surface area contributed by atoms with Crippen molar-refractivity contribution in [3.05, 3.63) is 47.5 Å². The Morgan fingerprint density at radius 1 is 1.10 bits per heavy atom. The molecular weight excluding hydrogens is 406 g/mol. The first-order valence-electron chi connectivity index (χ1n) is 9.83. The first kappa shape index (κ1) is 20.4. The van der Waals surface area contributed by atoms with Crippen LogP contribution in [0.15, 0.2) is 41.3 Å². The molecule has 2 heterocycles. The van der Waals surface area contributed by atoms with Crippen molar-refractivity contribution in [2.24, 2.45) is 0 Å². The second-order valence-electron chi connectivity index (χ2n) is 7.45. The quantitative estimate of drug-likeness (QED) is 0.778. The third-order valence-electron chi connectivity index (χ3n) is 5.25. The highest BCUT2D eigenvalue weighted by Gasteiger charge is 2.28. The molecule has 2 aromatic rings. The molecule has 0 unspecified atom stereocenters. The number of piperidine rings is 1. The van der Waals surface area contributed by atoms with E-state index in [1.807, 2.05) is 0 Å². The van der Waals surface area contributed by atoms with Crippen LogP contribution in [0.5, 0.6) is 5.75 Å². The third-order valence-corrected chi connectivity index (χ3v) is 7.29. The van der Waals surface area contributed by atoms with Gasteiger partial charge in [0.15, 0.2) is 6.61 Å². The van der Waals surface area contributed by atoms with Gasteiger partial charge in [0.25, 0.3) is 11.8 Å². The Hall–Kier alpha value is -2.91. The van der Waals surface area contributed by atoms with E-state index in [1.54, 1.807) is 31.2 Å². The third kappa shape index (κ3) is 4.03. The lowest BCUT2D eigenvalue weighted by molar-refractivity contribution is -0.118. The predicted octanol–water partition coefficient (Wildman–Crippen LogP) is 2.75. The second-order valence-corrected chi connectivity index (χ2v) is 9.35. The van der Waals surface area contributed by atoms with Gasteiger partial charge < -0.3 is 15.4 Å². The molecule has 0 spiro atoms. The summed E-state index contributed by atoms with van der Waals surface area (Å²) in [5, 5.41) is 5.41. The van der Waals surface area contributed by atoms with Crippen LogP contribution in [0.2, 0.25) is 0 Å². The van der Waals surface area contributed by atoms with E-state index in [0.29, 0.717) is 41.3 Å². The second kappa shape index (κ2) is 8.08. The van der Waals surface area contributed by atoms with Crippen molar-refractivity contribution in [3.63, 3.8) is 0 Å². The molecule has 2 aliphatic rings. The van der Waals surface area contributed by atoms with Gasteiger partial charge in [0.05, 0.1) is 10.6 Å². The summed E-state index contributed by atoms with van der Waals surface area (Å²) in [4.78, 5) is 24.4. The monoisotopic (exact) mass is 429 g/mol. The maximum atomic E-state index is 13.1. The highest BCUT2D eigenvalue weighted by atomic mass is 32.2. The maximum Gasteiger partial charge on any atom is 0.262 e. The van der Waals surface area contributed by atoms with E-state index in [0.717, 1.165) is 19.3 Å². The molecule has 8 nitrogen and oxygen atoms in total. The molecule has 2 aliphatic heterocycles. The van der Waals surface area contributed by atoms with E-state index in [-0.39, 0.29) is 17.4 Å². The van der Waals surface area contributed by atoms with Gasteiger partial charge in [-0.2, -0.15) is 4.31 Å². The average molecular weight is 429 g/mol. The van der Waals surface area contributed by atoms with Crippen molar-refractivity contribution >= 4 is 33.2 Å². The Kier molecular flexibility index (Phi) is 5.48. The Morgan fingerprint density at radius 3 is 2.63 bits per heavy atom. The van der Waals surface area contributed by atoms with Crippen LogP contribution < -0.4 is 15.4 Å². The number of sulfonamides is 1. The van der Waals surface area contributed by atoms with Crippen molar-refractivity contribution in [2.45, 2.75) is 31.1 Å². The molecule has 158 valence electrons. The van der Waals surface area contributed by atoms with Crippen LogP contribution in [0.4, 0.5) is 11.4 Å². The molecule has 0 saturated carbocycles. The highest BCUT2D eigenvalue weighted by Crippen LogP contribution is 2.29. The smallest absolute Gasteiger partial charge is 0.262 e. The number of rotatable bonds is 4. The minimum atomic E-state index is -3.62. The number of hydrogen-bond acceptors (Lipinski definition) is 5. The molecule has 30 heavy (non-hydrogen) atoms. The fourth-order valence-corrected chi connectivity index (χ4v) is 5.40. The van der Waals surface area contributed by atoms with Gasteiger partial charge in [0.2, 0.25) is 10.0 Å². The predicted molar refractivity (Wildman–Crippen MR) is 112 cm³/mol. The lowest BCUT2D eigenvalue weighted by atomic mass is 10.1. The summed E-state index contributed by atoms with van der Waals surface area (Å²) in [6, 6.07) is 9.59. The minimum Gasteiger partial charge on any atom is -0.482 e. The van der Waals surface area contributed by atoms with Crippen LogP contribution in [-0.2, 0) is 14.8 Å². The van der Waals surface area contributed by atoms with Crippen molar-refractivity contribution in [2.75, 3.05) is 30.3 Å². The molecule has 1 saturated heterocycles. The molecule has 0 atom stereocenters. The van der Waals surface area contributed by atoms with E-state index in [1.165, 1.54) is 16.4 Å². The fourth-order valence-electron chi connectivity index (χ4n) is 3.63. The van der Waals surface area contributed by atoms with Crippen LogP contribution in [0.1, 0.15) is 35.2 Å². The summed E-state index contributed by atoms with van der Waals surface area (Å²) in [5.74, 6) is -0.203. The number of ether oxygens (including phenoxy) is 1. The number of carbonyl (C=O) groups is 2. The van der Waals surface area contributed by atoms with Crippen molar-refractivity contribution in [1.29, 1.82) is 0 Å². The van der Waals surface area contributed by atoms with Gasteiger partial charge in [-0.05, 0) is 55.7 Å². The summed E-state index contributed by atoms with van der Waals surface area (Å²) in [6.45, 7) is 2.72. The van der Waals surface area contributed by atoms with Gasteiger partial charge in [-0.1, -0.05) is 12.5 Å². The van der Waals surface area contributed by atoms with Crippen molar-refractivity contribution < 1.29 is 22.7 Å². The van der Waals surface area contributed by atoms with Crippen LogP contribution in [0, 0.1) is 6.92 Å². The summed E-state index contributed by atoms with van der Waals surface area (Å²) >= 11 is 0. The largest absolute Gasteiger partial charge is 0.482 e. The molecule has 0 radical (unpaired) electrons. The molecule has 2 amide bonds. The van der Waals surface area contributed by atoms with Crippen molar-refractivity contribution in [3.8, 4) is 5.75 Å². The number of amides is 2. The summed E-state index contributed by atoms with van der Waals surface area (Å²) in [7, 11) is -3.62. The van der Waals surface area contributed by atoms with E-state index in [2.05, 4.69) is 10.6 Å². The van der Waals surface area contributed by atoms with Gasteiger partial charge in [0, 0.05) is 24.3 Å². The van der Waals surface area contributed by atoms with Crippen LogP contribution in [-0.4, -0.2) is 44.2 Å². The summed E-state index contributed by atoms with van der Waals surface area (Å²) in [6.07, 6.45) is 2.74. The minimum absolute atomic E-state index is 0.0593. The number of fused-ring (bicyclic) bond motifs is 1. The van der Waals surface area contributed by atoms with Gasteiger partial charge in [-0.25, -0.2) is 8.42 Å². The Bertz CT molecular complexity index is 1110. The van der Waals surface area contributed by atoms with E-state index < -0.39 is 15.9 Å². The number of nitrogens with one attached hydrogen (secondary N) is 2. The lowest BCUT2D eigenvalue weighted by Gasteiger charge is -2.26. The molecule has 2 N–H and O–H groups in total. The first-order valence-corrected chi connectivity index (χ1v) is 11.3. The van der Waals surface area contributed by atoms with Gasteiger partial charge in [0.1, 0.15) is 5.75 Å². The SMILES string of the molecule is Cc1ccc(NC(=O)c2ccc3c(c2)NC(=O)CO3)cc1S(=O)(=O)N1CCCCC1. The Balaban J connectivity index is 1.57. The van der Waals surface area contributed by atoms with E-state index in [4.69, 9.17) is 4.74 Å². The average Bonchev–Trinajstić information content (AvgIpc) is 2.75. The number of aryl methyl sites for hydroxylation is 1. The van der Waals surface area contributed by atoms with Gasteiger partial charge in [-0.15, -0.1) is 0 Å². The normalized spacial score (nSPS) is 16.9. The fraction of sp³-hybridized carbons (Fsp3) is 0.333. The first-order chi connectivity index (χ1) is 14.3. The zero-order valence-electron chi connectivity index (χ0n) is 16.6. The summed E-state index contributed by atoms with van der Waals surface area (Å²) < 4.78 is 32.9. The van der Waals surface area contributed by atoms with E-state index in [9.17, 15) is 18.0 Å². The van der Waals surface area contributed by atoms with Crippen LogP contribution in [0.3, 0.4) is 0 Å². The standard InChI is InChI=1S/C21H23N3O5S/c1-14-5-7-16(12-19(14)30(27,28)24-9-3-2-4-10-24)22-21(26)15-6-8-18-17(11-15)23-20(25)13-29-18/h5-8,11-12H,2-4,9-10,13H2,1H3,(H,22,26)(H,23,25). The van der Waals surface area contributed by atoms with Crippen molar-refractivity contribution in [1.82, 2.24) is 4.31 Å². The van der Waals surface area contributed by atoms with Crippen LogP contribution >= 0.6 is 0 Å². The highest BCUT2D eigenvalue weighted by molar-refractivity contribution is 7.89. The van der Waals surface area contributed by atoms with Gasteiger partial charge >= 0.3 is 0 Å². The zero-order chi connectivity index (χ0) is 21.3. The molecule has 4 rings (SSSR count). The van der Waals surface area contributed by atoms with E-state index >= 15 is 0 Å². The lowest BCUT2D eigenvalue weighted by Crippen LogP contribution is -2.36. The number of nitrogens with zero attached hydrogens (tertiary/aromatic N) is 1. The zero-order valence-corrected chi connectivity index (χ0v) is 17.4. The number of hydrogen-bond donors (Lipinski definition) is 2. The molecule has 2 aromatic carbocycles. The Morgan fingerprint density at radius 2 is 1.87 bits per heavy atom. The topological polar surface area (TPSA) is 105 Å². The molecule has 0 aromatic heterocycles. The molecule has 9 heteroatoms. The van der Waals surface area contributed by atoms with Crippen LogP contribution in [0.25, 0.3) is 0 Å². The summed E-state index contributed by atoms with van der Waals surface area (Å²) in [5.41, 5.74) is 1.77. The molecule has 0 aliphatic carbocycles. The number of carbonyl (C=O) groups excluding carboxylic acids is 2. The number of benzene rings is 2. The molecule has 0 bridgehead atoms. The molecular formula is C21H23N3O5S. The molecule has 1 fully saturated rings. The van der Waals surface area contributed by atoms with Gasteiger partial charge in [-0.3, -0.25) is 9.59 Å². The maximum absolute atomic E-state index is 13.1. The number of anilines is 2. The Labute approximate surface area is 175 Å².